The lowest BCUT2D eigenvalue weighted by Crippen LogP contribution is -2.38. The number of nitrogens with one attached hydrogen (secondary N) is 1. The molecule has 5 rings (SSSR count). The third-order valence-corrected chi connectivity index (χ3v) is 8.27. The highest BCUT2D eigenvalue weighted by molar-refractivity contribution is 8.45. The number of aromatic amines is 1. The molecule has 0 bridgehead atoms. The van der Waals surface area contributed by atoms with Gasteiger partial charge in [0.05, 0.1) is 11.7 Å². The quantitative estimate of drug-likeness (QED) is 0.355. The van der Waals surface area contributed by atoms with E-state index in [2.05, 4.69) is 15.0 Å². The Labute approximate surface area is 209 Å². The molecule has 1 aromatic carbocycles. The number of imidazole rings is 1. The van der Waals surface area contributed by atoms with Crippen molar-refractivity contribution in [1.29, 1.82) is 0 Å². The van der Waals surface area contributed by atoms with Crippen molar-refractivity contribution in [2.45, 2.75) is 48.8 Å². The van der Waals surface area contributed by atoms with Gasteiger partial charge in [-0.3, -0.25) is 4.79 Å². The summed E-state index contributed by atoms with van der Waals surface area (Å²) in [4.78, 5) is 24.2. The number of hydrogen-bond donors (Lipinski definition) is 1. The van der Waals surface area contributed by atoms with Gasteiger partial charge in [0, 0.05) is 43.3 Å². The molecule has 2 aromatic heterocycles. The third kappa shape index (κ3) is 5.42. The molecule has 0 spiro atoms. The van der Waals surface area contributed by atoms with Gasteiger partial charge >= 0.3 is 10.2 Å². The SMILES string of the molecule is O=C(c1ccc(S(F)(F)(F)(F)F)cc1)N1CCC(c2c(F)cnc3nc(C4CCCOCC4)[nH]c23)CC1. The van der Waals surface area contributed by atoms with E-state index in [4.69, 9.17) is 4.74 Å². The van der Waals surface area contributed by atoms with Crippen molar-refractivity contribution in [3.05, 3.63) is 53.2 Å². The van der Waals surface area contributed by atoms with Crippen LogP contribution in [0.4, 0.5) is 23.8 Å². The second-order valence-electron chi connectivity index (χ2n) is 9.64. The Balaban J connectivity index is 1.31. The third-order valence-electron chi connectivity index (χ3n) is 7.11. The first-order chi connectivity index (χ1) is 17.3. The van der Waals surface area contributed by atoms with Crippen LogP contribution in [0.3, 0.4) is 0 Å². The Morgan fingerprint density at radius 1 is 0.973 bits per heavy atom. The monoisotopic (exact) mass is 548 g/mol. The molecule has 0 radical (unpaired) electrons. The van der Waals surface area contributed by atoms with Crippen LogP contribution < -0.4 is 0 Å². The summed E-state index contributed by atoms with van der Waals surface area (Å²) in [7, 11) is -9.81. The molecule has 2 saturated heterocycles. The molecule has 0 saturated carbocycles. The van der Waals surface area contributed by atoms with Crippen LogP contribution in [-0.4, -0.2) is 52.1 Å². The van der Waals surface area contributed by atoms with Crippen molar-refractivity contribution in [3.63, 3.8) is 0 Å². The summed E-state index contributed by atoms with van der Waals surface area (Å²) in [5, 5.41) is 0. The smallest absolute Gasteiger partial charge is 0.310 e. The zero-order valence-electron chi connectivity index (χ0n) is 19.7. The molecule has 1 unspecified atom stereocenters. The van der Waals surface area contributed by atoms with E-state index < -0.39 is 26.8 Å². The normalized spacial score (nSPS) is 21.9. The lowest BCUT2D eigenvalue weighted by Gasteiger charge is -2.40. The van der Waals surface area contributed by atoms with E-state index in [9.17, 15) is 28.6 Å². The summed E-state index contributed by atoms with van der Waals surface area (Å²) >= 11 is 0. The van der Waals surface area contributed by atoms with Gasteiger partial charge in [0.25, 0.3) is 5.91 Å². The predicted molar refractivity (Wildman–Crippen MR) is 127 cm³/mol. The van der Waals surface area contributed by atoms with E-state index in [0.29, 0.717) is 42.8 Å². The average Bonchev–Trinajstić information content (AvgIpc) is 3.08. The molecule has 2 fully saturated rings. The van der Waals surface area contributed by atoms with Crippen LogP contribution in [-0.2, 0) is 4.74 Å². The van der Waals surface area contributed by atoms with Gasteiger partial charge < -0.3 is 14.6 Å². The molecule has 1 N–H and O–H groups in total. The zero-order valence-corrected chi connectivity index (χ0v) is 20.6. The van der Waals surface area contributed by atoms with Gasteiger partial charge in [-0.25, -0.2) is 14.4 Å². The van der Waals surface area contributed by atoms with E-state index in [1.54, 1.807) is 0 Å². The number of aromatic nitrogens is 3. The van der Waals surface area contributed by atoms with Crippen molar-refractivity contribution >= 4 is 27.3 Å². The minimum atomic E-state index is -9.81. The van der Waals surface area contributed by atoms with Gasteiger partial charge in [0.1, 0.15) is 16.5 Å². The molecular formula is C24H26F6N4O2S. The summed E-state index contributed by atoms with van der Waals surface area (Å²) in [6.45, 7) is 1.80. The summed E-state index contributed by atoms with van der Waals surface area (Å²) < 4.78 is 85.3. The fourth-order valence-corrected chi connectivity index (χ4v) is 5.80. The Kier molecular flexibility index (Phi) is 6.02. The zero-order chi connectivity index (χ0) is 26.5. The molecule has 1 atom stereocenters. The fraction of sp³-hybridized carbons (Fsp3) is 0.458. The Bertz CT molecular complexity index is 1310. The number of carbonyl (C=O) groups is 1. The molecule has 37 heavy (non-hydrogen) atoms. The standard InChI is InChI=1S/C24H26F6N4O2S/c25-19-14-31-23-21(32-22(33-23)16-2-1-12-36-13-9-16)20(19)15-7-10-34(11-8-15)24(35)17-3-5-18(6-4-17)37(26,27,28,29)30/h3-6,14-16H,1-2,7-13H2,(H,31,32,33). The van der Waals surface area contributed by atoms with Gasteiger partial charge in [0.15, 0.2) is 5.65 Å². The highest BCUT2D eigenvalue weighted by atomic mass is 32.5. The molecule has 1 amide bonds. The molecule has 202 valence electrons. The number of pyridine rings is 1. The minimum absolute atomic E-state index is 0.118. The van der Waals surface area contributed by atoms with Gasteiger partial charge in [0.2, 0.25) is 0 Å². The number of halogens is 6. The molecule has 2 aliphatic heterocycles. The Morgan fingerprint density at radius 3 is 2.35 bits per heavy atom. The predicted octanol–water partition coefficient (Wildman–Crippen LogP) is 7.06. The van der Waals surface area contributed by atoms with E-state index in [1.165, 1.54) is 4.90 Å². The van der Waals surface area contributed by atoms with Crippen molar-refractivity contribution < 1.29 is 33.4 Å². The number of fused-ring (bicyclic) bond motifs is 1. The number of nitrogens with zero attached hydrogens (tertiary/aromatic N) is 3. The molecule has 6 nitrogen and oxygen atoms in total. The van der Waals surface area contributed by atoms with Crippen LogP contribution in [0.2, 0.25) is 0 Å². The van der Waals surface area contributed by atoms with Crippen LogP contribution in [0.5, 0.6) is 0 Å². The largest absolute Gasteiger partial charge is 0.381 e. The van der Waals surface area contributed by atoms with E-state index in [-0.39, 0.29) is 42.6 Å². The maximum atomic E-state index is 15.0. The van der Waals surface area contributed by atoms with Crippen LogP contribution in [0, 0.1) is 5.82 Å². The Hall–Kier alpha value is -2.80. The summed E-state index contributed by atoms with van der Waals surface area (Å²) in [5.74, 6) is -0.342. The topological polar surface area (TPSA) is 71.1 Å². The summed E-state index contributed by atoms with van der Waals surface area (Å²) in [5.41, 5.74) is 1.31. The molecular weight excluding hydrogens is 522 g/mol. The Morgan fingerprint density at radius 2 is 1.68 bits per heavy atom. The lowest BCUT2D eigenvalue weighted by atomic mass is 9.88. The number of ether oxygens (including phenoxy) is 1. The van der Waals surface area contributed by atoms with Gasteiger partial charge in [-0.1, -0.05) is 19.4 Å². The molecule has 4 heterocycles. The van der Waals surface area contributed by atoms with Crippen molar-refractivity contribution in [1.82, 2.24) is 19.9 Å². The second-order valence-corrected chi connectivity index (χ2v) is 12.0. The first-order valence-corrected chi connectivity index (χ1v) is 14.0. The van der Waals surface area contributed by atoms with Gasteiger partial charge in [-0.2, -0.15) is 0 Å². The van der Waals surface area contributed by atoms with Crippen molar-refractivity contribution in [2.24, 2.45) is 0 Å². The second kappa shape index (κ2) is 8.62. The highest BCUT2D eigenvalue weighted by Crippen LogP contribution is 3.02. The van der Waals surface area contributed by atoms with Crippen molar-refractivity contribution in [3.8, 4) is 0 Å². The van der Waals surface area contributed by atoms with Gasteiger partial charge in [-0.15, -0.1) is 0 Å². The van der Waals surface area contributed by atoms with Crippen molar-refractivity contribution in [2.75, 3.05) is 26.3 Å². The van der Waals surface area contributed by atoms with Crippen LogP contribution in [0.25, 0.3) is 11.2 Å². The molecule has 3 aromatic rings. The maximum Gasteiger partial charge on any atom is 0.310 e. The average molecular weight is 549 g/mol. The molecule has 13 heteroatoms. The number of rotatable bonds is 4. The first-order valence-electron chi connectivity index (χ1n) is 12.1. The number of piperidine rings is 1. The number of amides is 1. The lowest BCUT2D eigenvalue weighted by molar-refractivity contribution is 0.0712. The number of hydrogen-bond acceptors (Lipinski definition) is 4. The van der Waals surface area contributed by atoms with E-state index in [0.717, 1.165) is 43.4 Å². The fourth-order valence-electron chi connectivity index (χ4n) is 5.15. The maximum absolute atomic E-state index is 15.0. The van der Waals surface area contributed by atoms with Crippen LogP contribution in [0.1, 0.15) is 65.7 Å². The molecule has 2 aliphatic rings. The number of H-pyrrole nitrogens is 1. The molecule has 0 aliphatic carbocycles. The van der Waals surface area contributed by atoms with Gasteiger partial charge in [-0.05, 0) is 62.3 Å². The highest BCUT2D eigenvalue weighted by Gasteiger charge is 2.65. The summed E-state index contributed by atoms with van der Waals surface area (Å²) in [6, 6.07) is 2.00. The number of carbonyl (C=O) groups excluding carboxylic acids is 1. The van der Waals surface area contributed by atoms with Crippen LogP contribution in [0.15, 0.2) is 35.4 Å². The van der Waals surface area contributed by atoms with E-state index >= 15 is 0 Å². The minimum Gasteiger partial charge on any atom is -0.381 e. The first kappa shape index (κ1) is 25.8. The number of benzene rings is 1. The van der Waals surface area contributed by atoms with Crippen LogP contribution >= 0.6 is 10.2 Å². The summed E-state index contributed by atoms with van der Waals surface area (Å²) in [6.07, 6.45) is 4.60. The van der Waals surface area contributed by atoms with E-state index in [1.807, 2.05) is 0 Å². The number of likely N-dealkylation sites (tertiary alicyclic amines) is 1.